The second kappa shape index (κ2) is 7.02. The van der Waals surface area contributed by atoms with Crippen molar-refractivity contribution in [3.63, 3.8) is 0 Å². The van der Waals surface area contributed by atoms with E-state index >= 15 is 0 Å². The number of Topliss-reactive ketones (excluding diaryl/α,β-unsaturated/α-hetero) is 1. The Morgan fingerprint density at radius 3 is 2.76 bits per heavy atom. The number of esters is 1. The Hall–Kier alpha value is -2.17. The third kappa shape index (κ3) is 3.90. The van der Waals surface area contributed by atoms with E-state index < -0.39 is 0 Å². The van der Waals surface area contributed by atoms with E-state index in [1.54, 1.807) is 17.9 Å². The first kappa shape index (κ1) is 15.2. The molecule has 1 aliphatic heterocycles. The summed E-state index contributed by atoms with van der Waals surface area (Å²) >= 11 is 0. The van der Waals surface area contributed by atoms with E-state index in [0.717, 1.165) is 12.0 Å². The third-order valence-electron chi connectivity index (χ3n) is 3.47. The quantitative estimate of drug-likeness (QED) is 0.746. The topological polar surface area (TPSA) is 63.7 Å². The van der Waals surface area contributed by atoms with Crippen LogP contribution in [0.3, 0.4) is 0 Å². The lowest BCUT2D eigenvalue weighted by Crippen LogP contribution is -2.40. The van der Waals surface area contributed by atoms with Crippen LogP contribution in [0.1, 0.15) is 35.7 Å². The molecule has 0 atom stereocenters. The molecule has 1 heterocycles. The van der Waals surface area contributed by atoms with Crippen LogP contribution in [0.5, 0.6) is 0 Å². The van der Waals surface area contributed by atoms with E-state index in [9.17, 15) is 14.4 Å². The lowest BCUT2D eigenvalue weighted by atomic mass is 9.99. The number of rotatable bonds is 6. The summed E-state index contributed by atoms with van der Waals surface area (Å²) in [6.07, 6.45) is 0.947. The number of ketones is 1. The number of benzene rings is 1. The summed E-state index contributed by atoms with van der Waals surface area (Å²) < 4.78 is 4.78. The largest absolute Gasteiger partial charge is 0.466 e. The molecule has 1 aromatic carbocycles. The summed E-state index contributed by atoms with van der Waals surface area (Å²) in [5.74, 6) is -0.599. The fourth-order valence-electron chi connectivity index (χ4n) is 2.39. The molecule has 1 amide bonds. The fraction of sp³-hybridized carbons (Fsp3) is 0.438. The Balaban J connectivity index is 1.88. The molecule has 0 saturated carbocycles. The second-order valence-corrected chi connectivity index (χ2v) is 4.98. The molecule has 0 saturated heterocycles. The highest BCUT2D eigenvalue weighted by molar-refractivity contribution is 5.99. The van der Waals surface area contributed by atoms with Gasteiger partial charge in [0.15, 0.2) is 5.78 Å². The molecule has 112 valence electrons. The van der Waals surface area contributed by atoms with E-state index in [1.807, 2.05) is 18.2 Å². The van der Waals surface area contributed by atoms with Gasteiger partial charge in [0.05, 0.1) is 19.6 Å². The van der Waals surface area contributed by atoms with Gasteiger partial charge in [0.1, 0.15) is 0 Å². The van der Waals surface area contributed by atoms with Crippen molar-refractivity contribution in [2.24, 2.45) is 0 Å². The standard InChI is InChI=1S/C16H19NO4/c1-2-21-15(19)8-7-13(18)11-17-10-9-12-5-3-4-6-14(12)16(17)20/h3-6H,2,7-11H2,1H3. The summed E-state index contributed by atoms with van der Waals surface area (Å²) in [5.41, 5.74) is 1.69. The number of hydrogen-bond donors (Lipinski definition) is 0. The van der Waals surface area contributed by atoms with Gasteiger partial charge in [0.25, 0.3) is 5.91 Å². The van der Waals surface area contributed by atoms with Gasteiger partial charge in [0, 0.05) is 18.5 Å². The van der Waals surface area contributed by atoms with Crippen LogP contribution in [0.25, 0.3) is 0 Å². The monoisotopic (exact) mass is 289 g/mol. The molecule has 0 fully saturated rings. The number of amides is 1. The summed E-state index contributed by atoms with van der Waals surface area (Å²) in [5, 5.41) is 0. The van der Waals surface area contributed by atoms with Crippen LogP contribution in [-0.4, -0.2) is 42.3 Å². The molecule has 0 spiro atoms. The lowest BCUT2D eigenvalue weighted by molar-refractivity contribution is -0.144. The Labute approximate surface area is 123 Å². The normalized spacial score (nSPS) is 13.8. The Bertz CT molecular complexity index is 553. The Kier molecular flexibility index (Phi) is 5.09. The van der Waals surface area contributed by atoms with Crippen molar-refractivity contribution in [3.8, 4) is 0 Å². The number of carbonyl (C=O) groups excluding carboxylic acids is 3. The highest BCUT2D eigenvalue weighted by atomic mass is 16.5. The zero-order chi connectivity index (χ0) is 15.2. The first-order valence-electron chi connectivity index (χ1n) is 7.16. The lowest BCUT2D eigenvalue weighted by Gasteiger charge is -2.27. The average Bonchev–Trinajstić information content (AvgIpc) is 2.49. The van der Waals surface area contributed by atoms with Crippen LogP contribution in [-0.2, 0) is 20.7 Å². The van der Waals surface area contributed by atoms with Crippen molar-refractivity contribution in [1.82, 2.24) is 4.90 Å². The van der Waals surface area contributed by atoms with Crippen molar-refractivity contribution in [2.75, 3.05) is 19.7 Å². The van der Waals surface area contributed by atoms with Crippen molar-refractivity contribution in [3.05, 3.63) is 35.4 Å². The molecular weight excluding hydrogens is 270 g/mol. The molecule has 1 aliphatic rings. The highest BCUT2D eigenvalue weighted by Crippen LogP contribution is 2.18. The van der Waals surface area contributed by atoms with Crippen LogP contribution >= 0.6 is 0 Å². The summed E-state index contributed by atoms with van der Waals surface area (Å²) in [7, 11) is 0. The smallest absolute Gasteiger partial charge is 0.306 e. The predicted octanol–water partition coefficient (Wildman–Crippen LogP) is 1.60. The first-order valence-corrected chi connectivity index (χ1v) is 7.16. The number of nitrogens with zero attached hydrogens (tertiary/aromatic N) is 1. The highest BCUT2D eigenvalue weighted by Gasteiger charge is 2.25. The molecule has 5 heteroatoms. The SMILES string of the molecule is CCOC(=O)CCC(=O)CN1CCc2ccccc2C1=O. The molecule has 1 aromatic rings. The van der Waals surface area contributed by atoms with Crippen LogP contribution in [0.15, 0.2) is 24.3 Å². The summed E-state index contributed by atoms with van der Waals surface area (Å²) in [6, 6.07) is 7.45. The molecular formula is C16H19NO4. The minimum absolute atomic E-state index is 0.0621. The maximum absolute atomic E-state index is 12.3. The van der Waals surface area contributed by atoms with Gasteiger partial charge in [-0.1, -0.05) is 18.2 Å². The number of hydrogen-bond acceptors (Lipinski definition) is 4. The maximum atomic E-state index is 12.3. The van der Waals surface area contributed by atoms with Gasteiger partial charge in [-0.25, -0.2) is 0 Å². The van der Waals surface area contributed by atoms with Crippen molar-refractivity contribution < 1.29 is 19.1 Å². The van der Waals surface area contributed by atoms with Gasteiger partial charge < -0.3 is 9.64 Å². The van der Waals surface area contributed by atoms with Crippen molar-refractivity contribution in [2.45, 2.75) is 26.2 Å². The van der Waals surface area contributed by atoms with Gasteiger partial charge in [-0.15, -0.1) is 0 Å². The Morgan fingerprint density at radius 2 is 2.00 bits per heavy atom. The molecule has 21 heavy (non-hydrogen) atoms. The zero-order valence-electron chi connectivity index (χ0n) is 12.1. The molecule has 5 nitrogen and oxygen atoms in total. The van der Waals surface area contributed by atoms with Crippen LogP contribution in [0, 0.1) is 0 Å². The van der Waals surface area contributed by atoms with E-state index in [-0.39, 0.29) is 37.0 Å². The molecule has 0 bridgehead atoms. The Morgan fingerprint density at radius 1 is 1.24 bits per heavy atom. The third-order valence-corrected chi connectivity index (χ3v) is 3.47. The van der Waals surface area contributed by atoms with E-state index in [1.165, 1.54) is 0 Å². The second-order valence-electron chi connectivity index (χ2n) is 4.98. The van der Waals surface area contributed by atoms with Crippen LogP contribution in [0.2, 0.25) is 0 Å². The van der Waals surface area contributed by atoms with Crippen molar-refractivity contribution in [1.29, 1.82) is 0 Å². The van der Waals surface area contributed by atoms with E-state index in [2.05, 4.69) is 0 Å². The van der Waals surface area contributed by atoms with Gasteiger partial charge in [0.2, 0.25) is 0 Å². The molecule has 0 radical (unpaired) electrons. The molecule has 0 N–H and O–H groups in total. The minimum Gasteiger partial charge on any atom is -0.466 e. The zero-order valence-corrected chi connectivity index (χ0v) is 12.1. The van der Waals surface area contributed by atoms with Gasteiger partial charge in [-0.05, 0) is 25.0 Å². The number of fused-ring (bicyclic) bond motifs is 1. The van der Waals surface area contributed by atoms with Gasteiger partial charge in [-0.2, -0.15) is 0 Å². The number of ether oxygens (including phenoxy) is 1. The van der Waals surface area contributed by atoms with Crippen molar-refractivity contribution >= 4 is 17.7 Å². The summed E-state index contributed by atoms with van der Waals surface area (Å²) in [4.78, 5) is 36.9. The van der Waals surface area contributed by atoms with E-state index in [4.69, 9.17) is 4.74 Å². The van der Waals surface area contributed by atoms with Gasteiger partial charge >= 0.3 is 5.97 Å². The summed E-state index contributed by atoms with van der Waals surface area (Å²) in [6.45, 7) is 2.64. The minimum atomic E-state index is -0.374. The first-order chi connectivity index (χ1) is 10.1. The molecule has 0 aromatic heterocycles. The number of carbonyl (C=O) groups is 3. The average molecular weight is 289 g/mol. The van der Waals surface area contributed by atoms with Crippen LogP contribution in [0.4, 0.5) is 0 Å². The van der Waals surface area contributed by atoms with E-state index in [0.29, 0.717) is 18.7 Å². The molecule has 0 unspecified atom stereocenters. The van der Waals surface area contributed by atoms with Gasteiger partial charge in [-0.3, -0.25) is 14.4 Å². The predicted molar refractivity (Wildman–Crippen MR) is 76.9 cm³/mol. The molecule has 0 aliphatic carbocycles. The maximum Gasteiger partial charge on any atom is 0.306 e. The van der Waals surface area contributed by atoms with Crippen LogP contribution < -0.4 is 0 Å². The molecule has 2 rings (SSSR count). The fourth-order valence-corrected chi connectivity index (χ4v) is 2.39.